The minimum absolute atomic E-state index is 0.109. The maximum Gasteiger partial charge on any atom is 0.221 e. The first-order valence-corrected chi connectivity index (χ1v) is 6.60. The smallest absolute Gasteiger partial charge is 0.221 e. The molecule has 0 saturated carbocycles. The van der Waals surface area contributed by atoms with Gasteiger partial charge in [0.2, 0.25) is 5.91 Å². The molecule has 20 heavy (non-hydrogen) atoms. The number of aryl methyl sites for hydroxylation is 2. The van der Waals surface area contributed by atoms with Crippen molar-refractivity contribution in [1.82, 2.24) is 9.78 Å². The van der Waals surface area contributed by atoms with Crippen LogP contribution in [-0.2, 0) is 18.3 Å². The number of hydrogen-bond donors (Lipinski definition) is 2. The number of nitrogens with two attached hydrogens (primary N) is 1. The van der Waals surface area contributed by atoms with E-state index in [1.807, 2.05) is 44.4 Å². The average Bonchev–Trinajstić information content (AvgIpc) is 2.70. The molecule has 1 atom stereocenters. The quantitative estimate of drug-likeness (QED) is 0.873. The number of carbonyl (C=O) groups is 1. The molecule has 0 aliphatic carbocycles. The van der Waals surface area contributed by atoms with Gasteiger partial charge in [-0.15, -0.1) is 0 Å². The van der Waals surface area contributed by atoms with Crippen LogP contribution in [0.25, 0.3) is 0 Å². The lowest BCUT2D eigenvalue weighted by Gasteiger charge is -2.17. The fourth-order valence-corrected chi connectivity index (χ4v) is 2.36. The number of nitrogens with zero attached hydrogens (tertiary/aromatic N) is 2. The van der Waals surface area contributed by atoms with Crippen molar-refractivity contribution in [3.63, 3.8) is 0 Å². The fraction of sp³-hybridized carbons (Fsp3) is 0.333. The monoisotopic (exact) mass is 272 g/mol. The van der Waals surface area contributed by atoms with Gasteiger partial charge in [0.05, 0.1) is 18.2 Å². The van der Waals surface area contributed by atoms with Gasteiger partial charge in [-0.05, 0) is 25.5 Å². The largest absolute Gasteiger partial charge is 0.378 e. The molecule has 5 nitrogen and oxygen atoms in total. The molecule has 106 valence electrons. The highest BCUT2D eigenvalue weighted by molar-refractivity contribution is 5.78. The molecular formula is C15H20N4O. The van der Waals surface area contributed by atoms with Crippen molar-refractivity contribution in [2.75, 3.05) is 5.32 Å². The van der Waals surface area contributed by atoms with Gasteiger partial charge in [0.15, 0.2) is 0 Å². The van der Waals surface area contributed by atoms with Crippen LogP contribution >= 0.6 is 0 Å². The number of carbonyl (C=O) groups excluding carboxylic acids is 1. The number of primary amides is 1. The van der Waals surface area contributed by atoms with E-state index in [4.69, 9.17) is 5.73 Å². The number of aromatic nitrogens is 2. The van der Waals surface area contributed by atoms with Crippen LogP contribution in [-0.4, -0.2) is 15.7 Å². The molecule has 1 aromatic heterocycles. The van der Waals surface area contributed by atoms with Crippen LogP contribution < -0.4 is 11.1 Å². The summed E-state index contributed by atoms with van der Waals surface area (Å²) in [6.45, 7) is 4.06. The Hall–Kier alpha value is -2.30. The average molecular weight is 272 g/mol. The predicted molar refractivity (Wildman–Crippen MR) is 79.3 cm³/mol. The van der Waals surface area contributed by atoms with Crippen molar-refractivity contribution < 1.29 is 4.79 Å². The molecule has 3 N–H and O–H groups in total. The fourth-order valence-electron chi connectivity index (χ4n) is 2.36. The minimum Gasteiger partial charge on any atom is -0.378 e. The van der Waals surface area contributed by atoms with Gasteiger partial charge in [-0.25, -0.2) is 0 Å². The summed E-state index contributed by atoms with van der Waals surface area (Å²) in [7, 11) is 1.91. The Kier molecular flexibility index (Phi) is 4.08. The summed E-state index contributed by atoms with van der Waals surface area (Å²) < 4.78 is 1.80. The third-order valence-corrected chi connectivity index (χ3v) is 3.27. The molecule has 0 saturated heterocycles. The van der Waals surface area contributed by atoms with Crippen molar-refractivity contribution in [1.29, 1.82) is 0 Å². The van der Waals surface area contributed by atoms with E-state index in [2.05, 4.69) is 17.3 Å². The molecule has 1 aromatic carbocycles. The minimum atomic E-state index is -0.329. The van der Waals surface area contributed by atoms with E-state index in [9.17, 15) is 4.79 Å². The molecule has 0 radical (unpaired) electrons. The van der Waals surface area contributed by atoms with Gasteiger partial charge in [0.25, 0.3) is 0 Å². The Balaban J connectivity index is 2.21. The third kappa shape index (κ3) is 3.17. The zero-order valence-electron chi connectivity index (χ0n) is 12.1. The summed E-state index contributed by atoms with van der Waals surface area (Å²) in [6, 6.07) is 7.83. The van der Waals surface area contributed by atoms with E-state index in [1.54, 1.807) is 4.68 Å². The lowest BCUT2D eigenvalue weighted by atomic mass is 10.1. The van der Waals surface area contributed by atoms with Gasteiger partial charge in [-0.3, -0.25) is 9.48 Å². The number of rotatable bonds is 5. The first-order valence-electron chi connectivity index (χ1n) is 6.60. The van der Waals surface area contributed by atoms with Crippen molar-refractivity contribution in [3.05, 3.63) is 47.3 Å². The molecule has 1 unspecified atom stereocenters. The molecule has 0 bridgehead atoms. The Bertz CT molecular complexity index is 618. The van der Waals surface area contributed by atoms with Gasteiger partial charge < -0.3 is 11.1 Å². The van der Waals surface area contributed by atoms with Gasteiger partial charge >= 0.3 is 0 Å². The first-order chi connectivity index (χ1) is 9.47. The van der Waals surface area contributed by atoms with E-state index in [-0.39, 0.29) is 18.4 Å². The Morgan fingerprint density at radius 3 is 2.75 bits per heavy atom. The summed E-state index contributed by atoms with van der Waals surface area (Å²) in [5.41, 5.74) is 9.27. The maximum absolute atomic E-state index is 11.1. The molecule has 1 heterocycles. The summed E-state index contributed by atoms with van der Waals surface area (Å²) in [5.74, 6) is -0.329. The highest BCUT2D eigenvalue weighted by atomic mass is 16.1. The van der Waals surface area contributed by atoms with Crippen LogP contribution in [0.1, 0.15) is 29.8 Å². The van der Waals surface area contributed by atoms with E-state index in [0.717, 1.165) is 22.5 Å². The zero-order valence-corrected chi connectivity index (χ0v) is 12.1. The van der Waals surface area contributed by atoms with Crippen molar-refractivity contribution in [3.8, 4) is 0 Å². The third-order valence-electron chi connectivity index (χ3n) is 3.27. The normalized spacial score (nSPS) is 12.2. The van der Waals surface area contributed by atoms with Crippen LogP contribution in [0.4, 0.5) is 5.69 Å². The van der Waals surface area contributed by atoms with E-state index in [1.165, 1.54) is 0 Å². The molecule has 0 aliphatic heterocycles. The number of anilines is 1. The van der Waals surface area contributed by atoms with Crippen LogP contribution in [0.5, 0.6) is 0 Å². The Morgan fingerprint density at radius 1 is 1.45 bits per heavy atom. The number of nitrogens with one attached hydrogen (secondary N) is 1. The second-order valence-corrected chi connectivity index (χ2v) is 5.01. The molecule has 1 amide bonds. The number of para-hydroxylation sites is 1. The van der Waals surface area contributed by atoms with Crippen molar-refractivity contribution in [2.45, 2.75) is 26.3 Å². The summed E-state index contributed by atoms with van der Waals surface area (Å²) >= 11 is 0. The lowest BCUT2D eigenvalue weighted by molar-refractivity contribution is -0.117. The summed E-state index contributed by atoms with van der Waals surface area (Å²) in [5, 5.41) is 7.77. The molecule has 0 aliphatic rings. The molecule has 2 aromatic rings. The van der Waals surface area contributed by atoms with Crippen LogP contribution in [0.3, 0.4) is 0 Å². The Labute approximate surface area is 118 Å². The molecule has 0 spiro atoms. The van der Waals surface area contributed by atoms with Crippen molar-refractivity contribution in [2.24, 2.45) is 12.8 Å². The maximum atomic E-state index is 11.1. The van der Waals surface area contributed by atoms with E-state index < -0.39 is 0 Å². The summed E-state index contributed by atoms with van der Waals surface area (Å²) in [6.07, 6.45) is 2.24. The van der Waals surface area contributed by atoms with Crippen LogP contribution in [0, 0.1) is 6.92 Å². The number of amides is 1. The van der Waals surface area contributed by atoms with E-state index >= 15 is 0 Å². The van der Waals surface area contributed by atoms with E-state index in [0.29, 0.717) is 0 Å². The predicted octanol–water partition coefficient (Wildman–Crippen LogP) is 1.93. The van der Waals surface area contributed by atoms with Crippen LogP contribution in [0.2, 0.25) is 0 Å². The van der Waals surface area contributed by atoms with Gasteiger partial charge in [0.1, 0.15) is 0 Å². The number of hydrogen-bond acceptors (Lipinski definition) is 3. The first kappa shape index (κ1) is 14.1. The molecule has 5 heteroatoms. The number of benzene rings is 1. The molecule has 0 fully saturated rings. The lowest BCUT2D eigenvalue weighted by Crippen LogP contribution is -2.16. The second kappa shape index (κ2) is 5.77. The van der Waals surface area contributed by atoms with Gasteiger partial charge in [0, 0.05) is 24.5 Å². The summed E-state index contributed by atoms with van der Waals surface area (Å²) in [4.78, 5) is 11.1. The topological polar surface area (TPSA) is 72.9 Å². The van der Waals surface area contributed by atoms with Gasteiger partial charge in [-0.1, -0.05) is 18.2 Å². The Morgan fingerprint density at radius 2 is 2.15 bits per heavy atom. The van der Waals surface area contributed by atoms with Crippen LogP contribution in [0.15, 0.2) is 30.5 Å². The second-order valence-electron chi connectivity index (χ2n) is 5.01. The highest BCUT2D eigenvalue weighted by Gasteiger charge is 2.13. The molecular weight excluding hydrogens is 252 g/mol. The zero-order chi connectivity index (χ0) is 14.7. The van der Waals surface area contributed by atoms with Gasteiger partial charge in [-0.2, -0.15) is 5.10 Å². The highest BCUT2D eigenvalue weighted by Crippen LogP contribution is 2.24. The molecule has 2 rings (SSSR count). The standard InChI is InChI=1S/C15H20N4O/c1-10(13-9-19(3)18-11(13)2)17-14-7-5-4-6-12(14)8-15(16)20/h4-7,9-10,17H,8H2,1-3H3,(H2,16,20). The van der Waals surface area contributed by atoms with Crippen molar-refractivity contribution >= 4 is 11.6 Å². The SMILES string of the molecule is Cc1nn(C)cc1C(C)Nc1ccccc1CC(N)=O.